The quantitative estimate of drug-likeness (QED) is 0.680. The van der Waals surface area contributed by atoms with Crippen LogP contribution in [0.25, 0.3) is 0 Å². The van der Waals surface area contributed by atoms with Crippen LogP contribution in [0.3, 0.4) is 0 Å². The van der Waals surface area contributed by atoms with Gasteiger partial charge in [0.2, 0.25) is 0 Å². The van der Waals surface area contributed by atoms with Crippen molar-refractivity contribution in [1.82, 2.24) is 0 Å². The third-order valence-electron chi connectivity index (χ3n) is 2.61. The van der Waals surface area contributed by atoms with E-state index >= 15 is 0 Å². The maximum absolute atomic E-state index is 13.0. The van der Waals surface area contributed by atoms with E-state index in [1.54, 1.807) is 12.1 Å². The van der Waals surface area contributed by atoms with Gasteiger partial charge in [-0.2, -0.15) is 5.26 Å². The molecule has 72 valence electrons. The van der Waals surface area contributed by atoms with E-state index in [2.05, 4.69) is 6.07 Å². The van der Waals surface area contributed by atoms with Crippen LogP contribution in [-0.4, -0.2) is 13.2 Å². The van der Waals surface area contributed by atoms with Crippen molar-refractivity contribution in [1.29, 1.82) is 5.26 Å². The van der Waals surface area contributed by atoms with Gasteiger partial charge in [-0.1, -0.05) is 12.1 Å². The zero-order valence-corrected chi connectivity index (χ0v) is 7.66. The molecule has 0 unspecified atom stereocenters. The summed E-state index contributed by atoms with van der Waals surface area (Å²) in [6.07, 6.45) is 0.646. The zero-order valence-electron chi connectivity index (χ0n) is 7.66. The maximum atomic E-state index is 13.0. The number of rotatable bonds is 1. The first-order valence-electron chi connectivity index (χ1n) is 4.52. The zero-order chi connectivity index (χ0) is 10.0. The lowest BCUT2D eigenvalue weighted by atomic mass is 9.81. The van der Waals surface area contributed by atoms with Gasteiger partial charge in [0.05, 0.1) is 12.7 Å². The molecule has 0 bridgehead atoms. The van der Waals surface area contributed by atoms with Crippen LogP contribution >= 0.6 is 0 Å². The topological polar surface area (TPSA) is 33.0 Å². The molecule has 1 aliphatic heterocycles. The summed E-state index contributed by atoms with van der Waals surface area (Å²) in [5.74, 6) is -0.302. The molecule has 0 aromatic heterocycles. The molecule has 0 amide bonds. The number of ether oxygens (including phenoxy) is 1. The Kier molecular flexibility index (Phi) is 2.22. The van der Waals surface area contributed by atoms with Crippen LogP contribution in [0.15, 0.2) is 24.3 Å². The highest BCUT2D eigenvalue weighted by Gasteiger charge is 2.37. The summed E-state index contributed by atoms with van der Waals surface area (Å²) in [6.45, 7) is 0.941. The molecular weight excluding hydrogens is 181 g/mol. The van der Waals surface area contributed by atoms with Crippen LogP contribution in [0, 0.1) is 17.1 Å². The molecule has 0 radical (unpaired) electrons. The Morgan fingerprint density at radius 1 is 1.50 bits per heavy atom. The second-order valence-corrected chi connectivity index (χ2v) is 3.51. The van der Waals surface area contributed by atoms with Gasteiger partial charge in [-0.25, -0.2) is 4.39 Å². The fourth-order valence-corrected chi connectivity index (χ4v) is 1.73. The van der Waals surface area contributed by atoms with E-state index in [9.17, 15) is 4.39 Å². The minimum Gasteiger partial charge on any atom is -0.379 e. The van der Waals surface area contributed by atoms with Gasteiger partial charge >= 0.3 is 0 Å². The lowest BCUT2D eigenvalue weighted by molar-refractivity contribution is 0.186. The molecule has 1 aromatic carbocycles. The lowest BCUT2D eigenvalue weighted by Gasteiger charge is -2.18. The molecule has 1 aliphatic rings. The van der Waals surface area contributed by atoms with Crippen LogP contribution in [0.1, 0.15) is 12.0 Å². The number of nitriles is 1. The fourth-order valence-electron chi connectivity index (χ4n) is 1.73. The van der Waals surface area contributed by atoms with Crippen LogP contribution in [0.4, 0.5) is 4.39 Å². The van der Waals surface area contributed by atoms with Crippen molar-refractivity contribution in [2.45, 2.75) is 11.8 Å². The first-order valence-corrected chi connectivity index (χ1v) is 4.52. The van der Waals surface area contributed by atoms with Crippen molar-refractivity contribution < 1.29 is 9.13 Å². The molecule has 1 atom stereocenters. The molecule has 1 heterocycles. The lowest BCUT2D eigenvalue weighted by Crippen LogP contribution is -2.24. The Hall–Kier alpha value is -1.40. The molecule has 3 heteroatoms. The molecule has 2 nitrogen and oxygen atoms in total. The highest BCUT2D eigenvalue weighted by molar-refractivity contribution is 5.33. The van der Waals surface area contributed by atoms with Crippen molar-refractivity contribution in [3.05, 3.63) is 35.6 Å². The molecule has 0 N–H and O–H groups in total. The number of nitrogens with zero attached hydrogens (tertiary/aromatic N) is 1. The van der Waals surface area contributed by atoms with Crippen LogP contribution in [0.5, 0.6) is 0 Å². The fraction of sp³-hybridized carbons (Fsp3) is 0.364. The number of hydrogen-bond acceptors (Lipinski definition) is 2. The first-order chi connectivity index (χ1) is 6.77. The number of halogens is 1. The van der Waals surface area contributed by atoms with Gasteiger partial charge in [0, 0.05) is 6.61 Å². The summed E-state index contributed by atoms with van der Waals surface area (Å²) in [7, 11) is 0. The molecule has 0 saturated carbocycles. The summed E-state index contributed by atoms with van der Waals surface area (Å²) in [4.78, 5) is 0. The van der Waals surface area contributed by atoms with Gasteiger partial charge in [0.25, 0.3) is 0 Å². The predicted octanol–water partition coefficient (Wildman–Crippen LogP) is 2.01. The second kappa shape index (κ2) is 3.39. The first kappa shape index (κ1) is 9.17. The van der Waals surface area contributed by atoms with E-state index < -0.39 is 5.41 Å². The van der Waals surface area contributed by atoms with Gasteiger partial charge in [-0.3, -0.25) is 0 Å². The normalized spacial score (nSPS) is 26.0. The Morgan fingerprint density at radius 3 is 2.93 bits per heavy atom. The van der Waals surface area contributed by atoms with E-state index in [4.69, 9.17) is 10.00 Å². The highest BCUT2D eigenvalue weighted by atomic mass is 19.1. The van der Waals surface area contributed by atoms with Crippen molar-refractivity contribution in [2.75, 3.05) is 13.2 Å². The molecule has 1 saturated heterocycles. The SMILES string of the molecule is N#C[C@@]1(c2cccc(F)c2)CCOC1. The van der Waals surface area contributed by atoms with E-state index in [0.29, 0.717) is 19.6 Å². The van der Waals surface area contributed by atoms with Crippen LogP contribution in [-0.2, 0) is 10.2 Å². The summed E-state index contributed by atoms with van der Waals surface area (Å²) >= 11 is 0. The van der Waals surface area contributed by atoms with E-state index in [-0.39, 0.29) is 5.82 Å². The Morgan fingerprint density at radius 2 is 2.36 bits per heavy atom. The summed E-state index contributed by atoms with van der Waals surface area (Å²) < 4.78 is 18.2. The minimum atomic E-state index is -0.637. The minimum absolute atomic E-state index is 0.302. The smallest absolute Gasteiger partial charge is 0.123 e. The molecule has 0 aliphatic carbocycles. The van der Waals surface area contributed by atoms with E-state index in [1.165, 1.54) is 12.1 Å². The van der Waals surface area contributed by atoms with E-state index in [1.807, 2.05) is 0 Å². The van der Waals surface area contributed by atoms with Gasteiger partial charge < -0.3 is 4.74 Å². The average molecular weight is 191 g/mol. The predicted molar refractivity (Wildman–Crippen MR) is 49.1 cm³/mol. The Bertz CT molecular complexity index is 377. The van der Waals surface area contributed by atoms with Gasteiger partial charge in [0.15, 0.2) is 0 Å². The average Bonchev–Trinajstić information content (AvgIpc) is 2.67. The largest absolute Gasteiger partial charge is 0.379 e. The summed E-state index contributed by atoms with van der Waals surface area (Å²) in [5, 5.41) is 9.11. The van der Waals surface area contributed by atoms with Gasteiger partial charge in [0.1, 0.15) is 11.2 Å². The summed E-state index contributed by atoms with van der Waals surface area (Å²) in [6, 6.07) is 8.43. The molecule has 14 heavy (non-hydrogen) atoms. The van der Waals surface area contributed by atoms with Crippen LogP contribution < -0.4 is 0 Å². The Balaban J connectivity index is 2.42. The maximum Gasteiger partial charge on any atom is 0.123 e. The summed E-state index contributed by atoms with van der Waals surface area (Å²) in [5.41, 5.74) is 0.0831. The molecular formula is C11H10FNO. The molecule has 2 rings (SSSR count). The third-order valence-corrected chi connectivity index (χ3v) is 2.61. The van der Waals surface area contributed by atoms with Gasteiger partial charge in [-0.15, -0.1) is 0 Å². The van der Waals surface area contributed by atoms with Crippen molar-refractivity contribution in [2.24, 2.45) is 0 Å². The molecule has 1 fully saturated rings. The van der Waals surface area contributed by atoms with Crippen molar-refractivity contribution in [3.63, 3.8) is 0 Å². The van der Waals surface area contributed by atoms with Crippen LogP contribution in [0.2, 0.25) is 0 Å². The highest BCUT2D eigenvalue weighted by Crippen LogP contribution is 2.32. The second-order valence-electron chi connectivity index (χ2n) is 3.51. The van der Waals surface area contributed by atoms with E-state index in [0.717, 1.165) is 5.56 Å². The molecule has 0 spiro atoms. The number of hydrogen-bond donors (Lipinski definition) is 0. The number of benzene rings is 1. The Labute approximate surface area is 81.9 Å². The monoisotopic (exact) mass is 191 g/mol. The third kappa shape index (κ3) is 1.38. The standard InChI is InChI=1S/C11H10FNO/c12-10-3-1-2-9(6-10)11(7-13)4-5-14-8-11/h1-3,6H,4-5,8H2/t11-/m0/s1. The van der Waals surface area contributed by atoms with Gasteiger partial charge in [-0.05, 0) is 24.1 Å². The van der Waals surface area contributed by atoms with Crippen molar-refractivity contribution in [3.8, 4) is 6.07 Å². The molecule has 1 aromatic rings. The van der Waals surface area contributed by atoms with Crippen molar-refractivity contribution >= 4 is 0 Å².